The van der Waals surface area contributed by atoms with Gasteiger partial charge in [0.05, 0.1) is 18.5 Å². The summed E-state index contributed by atoms with van der Waals surface area (Å²) in [4.78, 5) is 13.9. The Balaban J connectivity index is 1.84. The molecule has 0 atom stereocenters. The van der Waals surface area contributed by atoms with Crippen molar-refractivity contribution in [3.8, 4) is 11.4 Å². The smallest absolute Gasteiger partial charge is 0.278 e. The number of benzene rings is 2. The highest BCUT2D eigenvalue weighted by Gasteiger charge is 2.16. The minimum absolute atomic E-state index is 0.289. The molecule has 1 N–H and O–H groups in total. The molecule has 1 heterocycles. The lowest BCUT2D eigenvalue weighted by atomic mass is 10.2. The van der Waals surface area contributed by atoms with Crippen molar-refractivity contribution >= 4 is 11.6 Å². The van der Waals surface area contributed by atoms with Crippen LogP contribution in [0.3, 0.4) is 0 Å². The van der Waals surface area contributed by atoms with Crippen molar-refractivity contribution in [2.45, 2.75) is 6.92 Å². The van der Waals surface area contributed by atoms with Gasteiger partial charge in [-0.1, -0.05) is 24.3 Å². The number of hydrogen-bond acceptors (Lipinski definition) is 4. The highest BCUT2D eigenvalue weighted by Crippen LogP contribution is 2.18. The highest BCUT2D eigenvalue weighted by atomic mass is 16.5. The Morgan fingerprint density at radius 3 is 2.61 bits per heavy atom. The molecule has 1 aromatic heterocycles. The summed E-state index contributed by atoms with van der Waals surface area (Å²) in [6.45, 7) is 1.76. The molecular formula is C17H16N4O2. The predicted octanol–water partition coefficient (Wildman–Crippen LogP) is 2.84. The molecule has 0 aliphatic rings. The van der Waals surface area contributed by atoms with E-state index >= 15 is 0 Å². The summed E-state index contributed by atoms with van der Waals surface area (Å²) in [5.41, 5.74) is 2.30. The van der Waals surface area contributed by atoms with E-state index in [9.17, 15) is 4.79 Å². The van der Waals surface area contributed by atoms with Crippen LogP contribution in [0.2, 0.25) is 0 Å². The first kappa shape index (κ1) is 14.8. The van der Waals surface area contributed by atoms with Gasteiger partial charge >= 0.3 is 0 Å². The van der Waals surface area contributed by atoms with Gasteiger partial charge in [-0.15, -0.1) is 5.10 Å². The molecule has 6 nitrogen and oxygen atoms in total. The normalized spacial score (nSPS) is 10.3. The van der Waals surface area contributed by atoms with Crippen LogP contribution in [0, 0.1) is 6.92 Å². The number of carbonyl (C=O) groups is 1. The zero-order valence-electron chi connectivity index (χ0n) is 12.9. The summed E-state index contributed by atoms with van der Waals surface area (Å²) in [5, 5.41) is 11.4. The highest BCUT2D eigenvalue weighted by molar-refractivity contribution is 6.03. The van der Waals surface area contributed by atoms with E-state index in [0.29, 0.717) is 17.1 Å². The third-order valence-electron chi connectivity index (χ3n) is 3.31. The van der Waals surface area contributed by atoms with Crippen LogP contribution in [-0.2, 0) is 0 Å². The van der Waals surface area contributed by atoms with Gasteiger partial charge < -0.3 is 10.1 Å². The van der Waals surface area contributed by atoms with Crippen LogP contribution in [0.5, 0.6) is 5.75 Å². The van der Waals surface area contributed by atoms with E-state index in [-0.39, 0.29) is 11.6 Å². The van der Waals surface area contributed by atoms with Crippen molar-refractivity contribution in [3.05, 3.63) is 66.0 Å². The molecule has 0 saturated heterocycles. The Labute approximate surface area is 133 Å². The second-order valence-electron chi connectivity index (χ2n) is 4.95. The van der Waals surface area contributed by atoms with E-state index in [0.717, 1.165) is 5.69 Å². The van der Waals surface area contributed by atoms with Crippen LogP contribution in [0.4, 0.5) is 5.69 Å². The number of methoxy groups -OCH3 is 1. The number of aryl methyl sites for hydroxylation is 1. The number of para-hydroxylation sites is 1. The van der Waals surface area contributed by atoms with Crippen LogP contribution >= 0.6 is 0 Å². The van der Waals surface area contributed by atoms with Crippen molar-refractivity contribution in [2.24, 2.45) is 0 Å². The lowest BCUT2D eigenvalue weighted by Gasteiger charge is -2.05. The number of amides is 1. The molecule has 0 spiro atoms. The fraction of sp³-hybridized carbons (Fsp3) is 0.118. The van der Waals surface area contributed by atoms with Gasteiger partial charge in [-0.2, -0.15) is 9.90 Å². The maximum atomic E-state index is 12.4. The van der Waals surface area contributed by atoms with E-state index in [1.165, 1.54) is 4.80 Å². The Morgan fingerprint density at radius 2 is 1.87 bits per heavy atom. The van der Waals surface area contributed by atoms with Crippen molar-refractivity contribution < 1.29 is 9.53 Å². The summed E-state index contributed by atoms with van der Waals surface area (Å²) >= 11 is 0. The van der Waals surface area contributed by atoms with Gasteiger partial charge in [0.15, 0.2) is 5.69 Å². The first-order valence-corrected chi connectivity index (χ1v) is 7.12. The van der Waals surface area contributed by atoms with Crippen LogP contribution in [0.1, 0.15) is 16.2 Å². The number of ether oxygens (including phenoxy) is 1. The number of hydrogen-bond donors (Lipinski definition) is 1. The van der Waals surface area contributed by atoms with E-state index in [2.05, 4.69) is 15.5 Å². The summed E-state index contributed by atoms with van der Waals surface area (Å²) < 4.78 is 5.14. The molecular weight excluding hydrogens is 292 g/mol. The number of carbonyl (C=O) groups excluding carboxylic acids is 1. The summed E-state index contributed by atoms with van der Waals surface area (Å²) in [5.74, 6) is 0.366. The molecule has 3 rings (SSSR count). The molecule has 0 aliphatic heterocycles. The molecule has 0 fully saturated rings. The van der Waals surface area contributed by atoms with Gasteiger partial charge in [0, 0.05) is 11.8 Å². The van der Waals surface area contributed by atoms with Gasteiger partial charge in [-0.25, -0.2) is 0 Å². The predicted molar refractivity (Wildman–Crippen MR) is 87.0 cm³/mol. The molecule has 0 bridgehead atoms. The van der Waals surface area contributed by atoms with E-state index in [4.69, 9.17) is 4.74 Å². The van der Waals surface area contributed by atoms with Crippen LogP contribution < -0.4 is 10.1 Å². The largest absolute Gasteiger partial charge is 0.497 e. The molecule has 0 radical (unpaired) electrons. The Hall–Kier alpha value is -3.15. The minimum atomic E-state index is -0.307. The standard InChI is InChI=1S/C17H16N4O2/c1-12-16(20-21(19-12)14-8-4-3-5-9-14)17(22)18-13-7-6-10-15(11-13)23-2/h3-11H,1-2H3,(H,18,22). The number of nitrogens with one attached hydrogen (secondary N) is 1. The lowest BCUT2D eigenvalue weighted by Crippen LogP contribution is -2.14. The molecule has 0 unspecified atom stereocenters. The molecule has 0 saturated carbocycles. The van der Waals surface area contributed by atoms with E-state index in [1.807, 2.05) is 42.5 Å². The zero-order valence-corrected chi connectivity index (χ0v) is 12.9. The first-order valence-electron chi connectivity index (χ1n) is 7.12. The molecule has 116 valence electrons. The van der Waals surface area contributed by atoms with Gasteiger partial charge in [0.1, 0.15) is 5.75 Å². The maximum absolute atomic E-state index is 12.4. The zero-order chi connectivity index (χ0) is 16.2. The van der Waals surface area contributed by atoms with Crippen LogP contribution in [-0.4, -0.2) is 28.0 Å². The number of anilines is 1. The van der Waals surface area contributed by atoms with Gasteiger partial charge in [-0.3, -0.25) is 4.79 Å². The number of nitrogens with zero attached hydrogens (tertiary/aromatic N) is 3. The topological polar surface area (TPSA) is 69.0 Å². The fourth-order valence-corrected chi connectivity index (χ4v) is 2.16. The lowest BCUT2D eigenvalue weighted by molar-refractivity contribution is 0.102. The third kappa shape index (κ3) is 3.21. The van der Waals surface area contributed by atoms with Crippen molar-refractivity contribution in [1.82, 2.24) is 15.0 Å². The first-order chi connectivity index (χ1) is 11.2. The summed E-state index contributed by atoms with van der Waals surface area (Å²) in [7, 11) is 1.58. The van der Waals surface area contributed by atoms with Crippen molar-refractivity contribution in [1.29, 1.82) is 0 Å². The molecule has 0 aliphatic carbocycles. The van der Waals surface area contributed by atoms with Crippen molar-refractivity contribution in [3.63, 3.8) is 0 Å². The molecule has 23 heavy (non-hydrogen) atoms. The molecule has 2 aromatic carbocycles. The maximum Gasteiger partial charge on any atom is 0.278 e. The Kier molecular flexibility index (Phi) is 4.05. The average molecular weight is 308 g/mol. The quantitative estimate of drug-likeness (QED) is 0.804. The number of rotatable bonds is 4. The molecule has 3 aromatic rings. The van der Waals surface area contributed by atoms with Crippen molar-refractivity contribution in [2.75, 3.05) is 12.4 Å². The number of aromatic nitrogens is 3. The average Bonchev–Trinajstić information content (AvgIpc) is 2.98. The SMILES string of the molecule is COc1cccc(NC(=O)c2nn(-c3ccccc3)nc2C)c1. The van der Waals surface area contributed by atoms with Crippen LogP contribution in [0.25, 0.3) is 5.69 Å². The molecule has 1 amide bonds. The Bertz CT molecular complexity index is 828. The fourth-order valence-electron chi connectivity index (χ4n) is 2.16. The van der Waals surface area contributed by atoms with Crippen LogP contribution in [0.15, 0.2) is 54.6 Å². The second-order valence-corrected chi connectivity index (χ2v) is 4.95. The summed E-state index contributed by atoms with van der Waals surface area (Å²) in [6.07, 6.45) is 0. The summed E-state index contributed by atoms with van der Waals surface area (Å²) in [6, 6.07) is 16.6. The monoisotopic (exact) mass is 308 g/mol. The Morgan fingerprint density at radius 1 is 1.09 bits per heavy atom. The third-order valence-corrected chi connectivity index (χ3v) is 3.31. The van der Waals surface area contributed by atoms with E-state index < -0.39 is 0 Å². The van der Waals surface area contributed by atoms with Gasteiger partial charge in [-0.05, 0) is 31.2 Å². The van der Waals surface area contributed by atoms with E-state index in [1.54, 1.807) is 26.2 Å². The van der Waals surface area contributed by atoms with Gasteiger partial charge in [0.2, 0.25) is 0 Å². The van der Waals surface area contributed by atoms with Gasteiger partial charge in [0.25, 0.3) is 5.91 Å². The minimum Gasteiger partial charge on any atom is -0.497 e. The molecule has 6 heteroatoms. The second kappa shape index (κ2) is 6.31.